The quantitative estimate of drug-likeness (QED) is 0.523. The van der Waals surface area contributed by atoms with Crippen molar-refractivity contribution in [3.63, 3.8) is 0 Å². The van der Waals surface area contributed by atoms with Gasteiger partial charge in [0.15, 0.2) is 17.3 Å². The van der Waals surface area contributed by atoms with E-state index in [1.54, 1.807) is 29.1 Å². The number of carbonyl (C=O) groups is 2. The maximum Gasteiger partial charge on any atom is 0.279 e. The lowest BCUT2D eigenvalue weighted by atomic mass is 9.92. The molecule has 8 nitrogen and oxygen atoms in total. The van der Waals surface area contributed by atoms with Gasteiger partial charge in [0.25, 0.3) is 5.91 Å². The zero-order valence-electron chi connectivity index (χ0n) is 16.0. The van der Waals surface area contributed by atoms with Crippen LogP contribution in [-0.2, 0) is 11.8 Å². The van der Waals surface area contributed by atoms with Crippen molar-refractivity contribution in [2.45, 2.75) is 12.3 Å². The first-order chi connectivity index (χ1) is 14.6. The van der Waals surface area contributed by atoms with Crippen LogP contribution in [0.4, 0.5) is 11.6 Å². The molecule has 0 aliphatic carbocycles. The molecule has 0 saturated heterocycles. The fourth-order valence-corrected chi connectivity index (χ4v) is 4.44. The zero-order valence-corrected chi connectivity index (χ0v) is 16.8. The SMILES string of the molecule is Cn1nc(NC(=O)c2cc(-c3ccccc3)on2)c2c1NC(=O)C[C@@H]2c1cccs1. The van der Waals surface area contributed by atoms with Gasteiger partial charge < -0.3 is 15.2 Å². The minimum Gasteiger partial charge on any atom is -0.355 e. The van der Waals surface area contributed by atoms with Crippen molar-refractivity contribution >= 4 is 34.8 Å². The molecule has 150 valence electrons. The Morgan fingerprint density at radius 3 is 2.87 bits per heavy atom. The summed E-state index contributed by atoms with van der Waals surface area (Å²) >= 11 is 1.57. The van der Waals surface area contributed by atoms with Gasteiger partial charge >= 0.3 is 0 Å². The lowest BCUT2D eigenvalue weighted by Gasteiger charge is -2.22. The standard InChI is InChI=1S/C21H17N5O3S/c1-26-20-18(13(10-17(27)22-20)16-8-5-9-30-16)19(24-26)23-21(28)14-11-15(29-25-14)12-6-3-2-4-7-12/h2-9,11,13H,10H2,1H3,(H,22,27)(H,23,24,28)/t13-/m1/s1. The van der Waals surface area contributed by atoms with Gasteiger partial charge in [0.05, 0.1) is 0 Å². The second-order valence-corrected chi connectivity index (χ2v) is 7.93. The highest BCUT2D eigenvalue weighted by Crippen LogP contribution is 2.42. The second kappa shape index (κ2) is 7.27. The molecule has 4 aromatic rings. The Morgan fingerprint density at radius 2 is 2.10 bits per heavy atom. The topological polar surface area (TPSA) is 102 Å². The van der Waals surface area contributed by atoms with Crippen LogP contribution < -0.4 is 10.6 Å². The van der Waals surface area contributed by atoms with E-state index in [1.165, 1.54) is 0 Å². The number of nitrogens with zero attached hydrogens (tertiary/aromatic N) is 3. The van der Waals surface area contributed by atoms with Crippen molar-refractivity contribution < 1.29 is 14.1 Å². The number of carbonyl (C=O) groups excluding carboxylic acids is 2. The van der Waals surface area contributed by atoms with Crippen LogP contribution in [0.2, 0.25) is 0 Å². The largest absolute Gasteiger partial charge is 0.355 e. The number of thiophene rings is 1. The molecule has 1 aliphatic heterocycles. The highest BCUT2D eigenvalue weighted by molar-refractivity contribution is 7.10. The molecule has 3 aromatic heterocycles. The zero-order chi connectivity index (χ0) is 20.7. The predicted octanol–water partition coefficient (Wildman–Crippen LogP) is 3.86. The molecule has 2 N–H and O–H groups in total. The predicted molar refractivity (Wildman–Crippen MR) is 113 cm³/mol. The van der Waals surface area contributed by atoms with E-state index in [0.29, 0.717) is 23.8 Å². The molecule has 1 atom stereocenters. The Hall–Kier alpha value is -3.72. The minimum absolute atomic E-state index is 0.0780. The maximum atomic E-state index is 12.8. The number of aryl methyl sites for hydroxylation is 1. The Morgan fingerprint density at radius 1 is 1.27 bits per heavy atom. The number of hydrogen-bond donors (Lipinski definition) is 2. The number of aromatic nitrogens is 3. The average molecular weight is 419 g/mol. The van der Waals surface area contributed by atoms with Gasteiger partial charge in [-0.1, -0.05) is 41.6 Å². The van der Waals surface area contributed by atoms with E-state index in [-0.39, 0.29) is 17.5 Å². The Balaban J connectivity index is 1.46. The third-order valence-corrected chi connectivity index (χ3v) is 5.99. The lowest BCUT2D eigenvalue weighted by Crippen LogP contribution is -2.24. The summed E-state index contributed by atoms with van der Waals surface area (Å²) < 4.78 is 6.90. The fraction of sp³-hybridized carbons (Fsp3) is 0.143. The molecular formula is C21H17N5O3S. The van der Waals surface area contributed by atoms with Crippen molar-refractivity contribution in [2.75, 3.05) is 10.6 Å². The van der Waals surface area contributed by atoms with Crippen LogP contribution in [0.15, 0.2) is 58.4 Å². The van der Waals surface area contributed by atoms with Crippen molar-refractivity contribution in [1.82, 2.24) is 14.9 Å². The van der Waals surface area contributed by atoms with Gasteiger partial charge in [-0.05, 0) is 11.4 Å². The van der Waals surface area contributed by atoms with Crippen molar-refractivity contribution in [2.24, 2.45) is 7.05 Å². The number of nitrogens with one attached hydrogen (secondary N) is 2. The maximum absolute atomic E-state index is 12.8. The Bertz CT molecular complexity index is 1230. The van der Waals surface area contributed by atoms with Crippen LogP contribution in [0, 0.1) is 0 Å². The minimum atomic E-state index is -0.427. The van der Waals surface area contributed by atoms with E-state index in [0.717, 1.165) is 16.0 Å². The van der Waals surface area contributed by atoms with Crippen LogP contribution in [0.3, 0.4) is 0 Å². The Labute approximate surface area is 175 Å². The van der Waals surface area contributed by atoms with E-state index in [1.807, 2.05) is 47.8 Å². The van der Waals surface area contributed by atoms with Gasteiger partial charge in [0.1, 0.15) is 5.82 Å². The summed E-state index contributed by atoms with van der Waals surface area (Å²) in [5, 5.41) is 16.0. The second-order valence-electron chi connectivity index (χ2n) is 6.95. The molecule has 0 spiro atoms. The molecule has 2 amide bonds. The number of amides is 2. The van der Waals surface area contributed by atoms with E-state index >= 15 is 0 Å². The van der Waals surface area contributed by atoms with Gasteiger partial charge in [-0.2, -0.15) is 5.10 Å². The number of benzene rings is 1. The van der Waals surface area contributed by atoms with Crippen LogP contribution in [-0.4, -0.2) is 26.8 Å². The van der Waals surface area contributed by atoms with Gasteiger partial charge in [-0.3, -0.25) is 14.3 Å². The summed E-state index contributed by atoms with van der Waals surface area (Å²) in [4.78, 5) is 26.1. The molecule has 0 fully saturated rings. The highest BCUT2D eigenvalue weighted by Gasteiger charge is 2.34. The van der Waals surface area contributed by atoms with Gasteiger partial charge in [0, 0.05) is 41.5 Å². The molecule has 4 heterocycles. The van der Waals surface area contributed by atoms with Crippen molar-refractivity contribution in [3.05, 3.63) is 70.0 Å². The molecule has 30 heavy (non-hydrogen) atoms. The van der Waals surface area contributed by atoms with Gasteiger partial charge in [-0.25, -0.2) is 0 Å². The summed E-state index contributed by atoms with van der Waals surface area (Å²) in [5.41, 5.74) is 1.78. The third kappa shape index (κ3) is 3.18. The average Bonchev–Trinajstić information content (AvgIpc) is 3.50. The van der Waals surface area contributed by atoms with E-state index in [9.17, 15) is 9.59 Å². The molecule has 0 unspecified atom stereocenters. The fourth-order valence-electron chi connectivity index (χ4n) is 3.61. The molecular weight excluding hydrogens is 402 g/mol. The van der Waals surface area contributed by atoms with Gasteiger partial charge in [0.2, 0.25) is 5.91 Å². The lowest BCUT2D eigenvalue weighted by molar-refractivity contribution is -0.116. The summed E-state index contributed by atoms with van der Waals surface area (Å²) in [6, 6.07) is 15.0. The third-order valence-electron chi connectivity index (χ3n) is 5.00. The molecule has 1 aliphatic rings. The van der Waals surface area contributed by atoms with E-state index < -0.39 is 5.91 Å². The number of anilines is 2. The first-order valence-electron chi connectivity index (χ1n) is 9.34. The Kier molecular flexibility index (Phi) is 4.44. The molecule has 1 aromatic carbocycles. The van der Waals surface area contributed by atoms with E-state index in [4.69, 9.17) is 4.52 Å². The highest BCUT2D eigenvalue weighted by atomic mass is 32.1. The molecule has 0 saturated carbocycles. The number of fused-ring (bicyclic) bond motifs is 1. The molecule has 0 bridgehead atoms. The number of rotatable bonds is 4. The van der Waals surface area contributed by atoms with Crippen LogP contribution in [0.25, 0.3) is 11.3 Å². The van der Waals surface area contributed by atoms with Crippen LogP contribution >= 0.6 is 11.3 Å². The monoisotopic (exact) mass is 419 g/mol. The normalized spacial score (nSPS) is 15.5. The summed E-state index contributed by atoms with van der Waals surface area (Å²) in [6.45, 7) is 0. The van der Waals surface area contributed by atoms with Crippen LogP contribution in [0.5, 0.6) is 0 Å². The first-order valence-corrected chi connectivity index (χ1v) is 10.2. The van der Waals surface area contributed by atoms with Crippen LogP contribution in [0.1, 0.15) is 33.3 Å². The smallest absolute Gasteiger partial charge is 0.279 e. The van der Waals surface area contributed by atoms with Gasteiger partial charge in [-0.15, -0.1) is 11.3 Å². The molecule has 9 heteroatoms. The summed E-state index contributed by atoms with van der Waals surface area (Å²) in [5.74, 6) is 0.821. The molecule has 0 radical (unpaired) electrons. The van der Waals surface area contributed by atoms with Crippen molar-refractivity contribution in [1.29, 1.82) is 0 Å². The molecule has 5 rings (SSSR count). The summed E-state index contributed by atoms with van der Waals surface area (Å²) in [7, 11) is 1.73. The number of hydrogen-bond acceptors (Lipinski definition) is 6. The summed E-state index contributed by atoms with van der Waals surface area (Å²) in [6.07, 6.45) is 0.296. The first kappa shape index (κ1) is 18.3. The van der Waals surface area contributed by atoms with Crippen molar-refractivity contribution in [3.8, 4) is 11.3 Å². The van der Waals surface area contributed by atoms with E-state index in [2.05, 4.69) is 20.9 Å².